The van der Waals surface area contributed by atoms with Crippen LogP contribution in [0.2, 0.25) is 0 Å². The minimum Gasteiger partial charge on any atom is -0.324 e. The fourth-order valence-electron chi connectivity index (χ4n) is 2.19. The van der Waals surface area contributed by atoms with Crippen LogP contribution in [-0.4, -0.2) is 16.7 Å². The van der Waals surface area contributed by atoms with Gasteiger partial charge < -0.3 is 9.88 Å². The van der Waals surface area contributed by atoms with E-state index in [1.807, 2.05) is 42.0 Å². The number of rotatable bonds is 4. The van der Waals surface area contributed by atoms with Crippen LogP contribution in [0.5, 0.6) is 0 Å². The van der Waals surface area contributed by atoms with E-state index in [0.717, 1.165) is 15.3 Å². The van der Waals surface area contributed by atoms with E-state index in [1.54, 1.807) is 24.0 Å². The molecule has 22 heavy (non-hydrogen) atoms. The molecule has 4 nitrogen and oxygen atoms in total. The molecular formula is C16H14N2O2S2. The third kappa shape index (κ3) is 3.08. The molecule has 112 valence electrons. The normalized spacial score (nSPS) is 10.8. The van der Waals surface area contributed by atoms with Crippen LogP contribution >= 0.6 is 23.1 Å². The highest BCUT2D eigenvalue weighted by Crippen LogP contribution is 2.19. The zero-order chi connectivity index (χ0) is 15.5. The topological polar surface area (TPSA) is 51.1 Å². The van der Waals surface area contributed by atoms with Gasteiger partial charge >= 0.3 is 0 Å². The van der Waals surface area contributed by atoms with Crippen LogP contribution < -0.4 is 10.9 Å². The maximum atomic E-state index is 12.3. The summed E-state index contributed by atoms with van der Waals surface area (Å²) in [7, 11) is 0. The Hall–Kier alpha value is -2.05. The van der Waals surface area contributed by atoms with E-state index < -0.39 is 0 Å². The maximum absolute atomic E-state index is 12.3. The van der Waals surface area contributed by atoms with Gasteiger partial charge in [-0.1, -0.05) is 6.07 Å². The van der Waals surface area contributed by atoms with E-state index in [-0.39, 0.29) is 18.0 Å². The van der Waals surface area contributed by atoms with E-state index >= 15 is 0 Å². The lowest BCUT2D eigenvalue weighted by atomic mass is 10.3. The van der Waals surface area contributed by atoms with Crippen molar-refractivity contribution in [1.82, 2.24) is 4.57 Å². The molecule has 2 heterocycles. The molecule has 6 heteroatoms. The molecule has 1 aromatic carbocycles. The SMILES string of the molecule is CSc1cccc(NC(=O)Cn2ccc3sccc3c2=O)c1. The molecule has 3 rings (SSSR count). The molecule has 0 saturated heterocycles. The number of nitrogens with zero attached hydrogens (tertiary/aromatic N) is 1. The van der Waals surface area contributed by atoms with Gasteiger partial charge in [0.05, 0.1) is 5.39 Å². The molecule has 0 aliphatic carbocycles. The molecule has 0 unspecified atom stereocenters. The Balaban J connectivity index is 1.78. The summed E-state index contributed by atoms with van der Waals surface area (Å²) >= 11 is 3.13. The first-order valence-corrected chi connectivity index (χ1v) is 8.78. The highest BCUT2D eigenvalue weighted by atomic mass is 32.2. The van der Waals surface area contributed by atoms with Crippen LogP contribution in [0.25, 0.3) is 10.1 Å². The summed E-state index contributed by atoms with van der Waals surface area (Å²) in [4.78, 5) is 25.5. The van der Waals surface area contributed by atoms with Crippen LogP contribution in [-0.2, 0) is 11.3 Å². The van der Waals surface area contributed by atoms with E-state index in [2.05, 4.69) is 5.32 Å². The quantitative estimate of drug-likeness (QED) is 0.746. The lowest BCUT2D eigenvalue weighted by Crippen LogP contribution is -2.26. The Morgan fingerprint density at radius 2 is 2.18 bits per heavy atom. The molecule has 0 saturated carbocycles. The summed E-state index contributed by atoms with van der Waals surface area (Å²) in [5, 5.41) is 5.36. The van der Waals surface area contributed by atoms with Crippen molar-refractivity contribution in [3.05, 3.63) is 58.3 Å². The third-order valence-corrected chi connectivity index (χ3v) is 4.87. The van der Waals surface area contributed by atoms with Crippen LogP contribution in [0.4, 0.5) is 5.69 Å². The summed E-state index contributed by atoms with van der Waals surface area (Å²) in [6.45, 7) is 0.00805. The number of pyridine rings is 1. The number of anilines is 1. The number of amides is 1. The number of thioether (sulfide) groups is 1. The number of aromatic nitrogens is 1. The Morgan fingerprint density at radius 3 is 3.00 bits per heavy atom. The molecule has 0 aliphatic rings. The molecule has 0 fully saturated rings. The predicted octanol–water partition coefficient (Wildman–Crippen LogP) is 3.42. The first-order valence-electron chi connectivity index (χ1n) is 6.68. The van der Waals surface area contributed by atoms with Crippen LogP contribution in [0, 0.1) is 0 Å². The minimum atomic E-state index is -0.213. The van der Waals surface area contributed by atoms with Crippen molar-refractivity contribution in [3.8, 4) is 0 Å². The number of benzene rings is 1. The summed E-state index contributed by atoms with van der Waals surface area (Å²) in [6.07, 6.45) is 3.65. The van der Waals surface area contributed by atoms with Crippen molar-refractivity contribution < 1.29 is 4.79 Å². The van der Waals surface area contributed by atoms with Gasteiger partial charge in [-0.05, 0) is 42.0 Å². The standard InChI is InChI=1S/C16H14N2O2S2/c1-21-12-4-2-3-11(9-12)17-15(19)10-18-7-5-14-13(16(18)20)6-8-22-14/h2-9H,10H2,1H3,(H,17,19). The first kappa shape index (κ1) is 14.9. The number of carbonyl (C=O) groups is 1. The molecule has 0 aliphatic heterocycles. The molecule has 0 radical (unpaired) electrons. The fourth-order valence-corrected chi connectivity index (χ4v) is 3.42. The zero-order valence-corrected chi connectivity index (χ0v) is 13.5. The number of hydrogen-bond acceptors (Lipinski definition) is 4. The van der Waals surface area contributed by atoms with Gasteiger partial charge in [-0.2, -0.15) is 0 Å². The lowest BCUT2D eigenvalue weighted by Gasteiger charge is -2.08. The first-order chi connectivity index (χ1) is 10.7. The van der Waals surface area contributed by atoms with Crippen molar-refractivity contribution in [2.24, 2.45) is 0 Å². The number of carbonyl (C=O) groups excluding carboxylic acids is 1. The highest BCUT2D eigenvalue weighted by molar-refractivity contribution is 7.98. The van der Waals surface area contributed by atoms with Gasteiger partial charge in [-0.15, -0.1) is 23.1 Å². The van der Waals surface area contributed by atoms with Crippen molar-refractivity contribution in [1.29, 1.82) is 0 Å². The summed E-state index contributed by atoms with van der Waals surface area (Å²) in [5.74, 6) is -0.213. The average Bonchev–Trinajstić information content (AvgIpc) is 2.99. The number of hydrogen-bond donors (Lipinski definition) is 1. The van der Waals surface area contributed by atoms with Crippen LogP contribution in [0.15, 0.2) is 57.7 Å². The molecule has 0 atom stereocenters. The minimum absolute atomic E-state index is 0.00805. The van der Waals surface area contributed by atoms with Gasteiger partial charge in [0.1, 0.15) is 6.54 Å². The predicted molar refractivity (Wildman–Crippen MR) is 92.9 cm³/mol. The molecule has 2 aromatic heterocycles. The van der Waals surface area contributed by atoms with Crippen molar-refractivity contribution >= 4 is 44.8 Å². The third-order valence-electron chi connectivity index (χ3n) is 3.26. The monoisotopic (exact) mass is 330 g/mol. The van der Waals surface area contributed by atoms with Gasteiger partial charge in [-0.3, -0.25) is 9.59 Å². The van der Waals surface area contributed by atoms with E-state index in [0.29, 0.717) is 5.39 Å². The molecule has 1 amide bonds. The van der Waals surface area contributed by atoms with Crippen molar-refractivity contribution in [3.63, 3.8) is 0 Å². The number of fused-ring (bicyclic) bond motifs is 1. The molecule has 0 bridgehead atoms. The molecule has 3 aromatic rings. The Labute approximate surface area is 135 Å². The smallest absolute Gasteiger partial charge is 0.259 e. The van der Waals surface area contributed by atoms with E-state index in [9.17, 15) is 9.59 Å². The van der Waals surface area contributed by atoms with Gasteiger partial charge in [0.2, 0.25) is 5.91 Å². The van der Waals surface area contributed by atoms with Crippen molar-refractivity contribution in [2.75, 3.05) is 11.6 Å². The van der Waals surface area contributed by atoms with Gasteiger partial charge in [0, 0.05) is 21.5 Å². The fraction of sp³-hybridized carbons (Fsp3) is 0.125. The maximum Gasteiger partial charge on any atom is 0.259 e. The Morgan fingerprint density at radius 1 is 1.32 bits per heavy atom. The lowest BCUT2D eigenvalue weighted by molar-refractivity contribution is -0.116. The van der Waals surface area contributed by atoms with Gasteiger partial charge in [-0.25, -0.2) is 0 Å². The summed E-state index contributed by atoms with van der Waals surface area (Å²) < 4.78 is 2.37. The molecule has 1 N–H and O–H groups in total. The van der Waals surface area contributed by atoms with E-state index in [1.165, 1.54) is 15.9 Å². The van der Waals surface area contributed by atoms with Crippen LogP contribution in [0.1, 0.15) is 0 Å². The second kappa shape index (κ2) is 6.37. The number of thiophene rings is 1. The summed E-state index contributed by atoms with van der Waals surface area (Å²) in [6, 6.07) is 11.3. The second-order valence-electron chi connectivity index (χ2n) is 4.73. The van der Waals surface area contributed by atoms with Crippen LogP contribution in [0.3, 0.4) is 0 Å². The summed E-state index contributed by atoms with van der Waals surface area (Å²) in [5.41, 5.74) is 0.605. The Kier molecular flexibility index (Phi) is 4.31. The van der Waals surface area contributed by atoms with E-state index in [4.69, 9.17) is 0 Å². The second-order valence-corrected chi connectivity index (χ2v) is 6.55. The largest absolute Gasteiger partial charge is 0.324 e. The van der Waals surface area contributed by atoms with Gasteiger partial charge in [0.25, 0.3) is 5.56 Å². The Bertz CT molecular complexity index is 883. The van der Waals surface area contributed by atoms with Crippen molar-refractivity contribution in [2.45, 2.75) is 11.4 Å². The number of nitrogens with one attached hydrogen (secondary N) is 1. The highest BCUT2D eigenvalue weighted by Gasteiger charge is 2.08. The molecular weight excluding hydrogens is 316 g/mol. The van der Waals surface area contributed by atoms with Gasteiger partial charge in [0.15, 0.2) is 0 Å². The zero-order valence-electron chi connectivity index (χ0n) is 11.9. The molecule has 0 spiro atoms. The average molecular weight is 330 g/mol.